The van der Waals surface area contributed by atoms with Crippen molar-refractivity contribution < 1.29 is 9.53 Å². The second kappa shape index (κ2) is 6.35. The Labute approximate surface area is 142 Å². The largest absolute Gasteiger partial charge is 0.381 e. The van der Waals surface area contributed by atoms with Crippen LogP contribution in [0.15, 0.2) is 0 Å². The van der Waals surface area contributed by atoms with Crippen molar-refractivity contribution in [2.24, 2.45) is 11.3 Å². The Kier molecular flexibility index (Phi) is 4.20. The van der Waals surface area contributed by atoms with Crippen LogP contribution in [0.25, 0.3) is 0 Å². The highest BCUT2D eigenvalue weighted by Gasteiger charge is 2.59. The molecule has 132 valence electrons. The lowest BCUT2D eigenvalue weighted by Crippen LogP contribution is -2.72. The molecule has 1 aromatic heterocycles. The van der Waals surface area contributed by atoms with E-state index in [9.17, 15) is 4.79 Å². The summed E-state index contributed by atoms with van der Waals surface area (Å²) in [6.45, 7) is 5.02. The monoisotopic (exact) mass is 333 g/mol. The van der Waals surface area contributed by atoms with E-state index in [2.05, 4.69) is 25.4 Å². The first-order valence-corrected chi connectivity index (χ1v) is 9.24. The van der Waals surface area contributed by atoms with Gasteiger partial charge in [0.15, 0.2) is 5.82 Å². The van der Waals surface area contributed by atoms with Gasteiger partial charge < -0.3 is 15.0 Å². The van der Waals surface area contributed by atoms with Crippen molar-refractivity contribution in [3.05, 3.63) is 11.6 Å². The van der Waals surface area contributed by atoms with E-state index in [0.717, 1.165) is 50.7 Å². The van der Waals surface area contributed by atoms with Crippen molar-refractivity contribution in [1.82, 2.24) is 25.4 Å². The molecule has 3 fully saturated rings. The summed E-state index contributed by atoms with van der Waals surface area (Å²) in [6.07, 6.45) is 6.83. The van der Waals surface area contributed by atoms with Gasteiger partial charge in [0.2, 0.25) is 0 Å². The van der Waals surface area contributed by atoms with E-state index in [4.69, 9.17) is 4.74 Å². The van der Waals surface area contributed by atoms with E-state index in [1.54, 1.807) is 0 Å². The third-order valence-electron chi connectivity index (χ3n) is 6.07. The number of rotatable bonds is 4. The van der Waals surface area contributed by atoms with E-state index in [1.165, 1.54) is 19.3 Å². The molecule has 7 heteroatoms. The number of aryl methyl sites for hydroxylation is 1. The summed E-state index contributed by atoms with van der Waals surface area (Å²) in [6, 6.07) is 0.439. The van der Waals surface area contributed by atoms with E-state index < -0.39 is 0 Å². The minimum atomic E-state index is 0.0402. The van der Waals surface area contributed by atoms with Crippen molar-refractivity contribution in [1.29, 1.82) is 0 Å². The molecule has 2 saturated heterocycles. The maximum atomic E-state index is 12.7. The van der Waals surface area contributed by atoms with Gasteiger partial charge in [-0.05, 0) is 31.6 Å². The van der Waals surface area contributed by atoms with Gasteiger partial charge in [-0.2, -0.15) is 5.10 Å². The molecule has 4 rings (SSSR count). The number of ether oxygens (including phenoxy) is 1. The zero-order chi connectivity index (χ0) is 16.6. The Morgan fingerprint density at radius 1 is 1.42 bits per heavy atom. The average molecular weight is 333 g/mol. The molecule has 1 atom stereocenters. The number of aromatic nitrogens is 3. The molecule has 1 aromatic rings. The Morgan fingerprint density at radius 3 is 2.83 bits per heavy atom. The number of carbonyl (C=O) groups excluding carboxylic acids is 1. The lowest BCUT2D eigenvalue weighted by atomic mass is 9.54. The molecule has 1 unspecified atom stereocenters. The zero-order valence-electron chi connectivity index (χ0n) is 14.4. The third kappa shape index (κ3) is 2.68. The molecule has 1 spiro atoms. The third-order valence-corrected chi connectivity index (χ3v) is 6.07. The summed E-state index contributed by atoms with van der Waals surface area (Å²) in [5, 5.41) is 10.0. The number of urea groups is 1. The van der Waals surface area contributed by atoms with Gasteiger partial charge in [0.1, 0.15) is 5.82 Å². The van der Waals surface area contributed by atoms with Crippen LogP contribution in [0.5, 0.6) is 0 Å². The maximum absolute atomic E-state index is 12.7. The fourth-order valence-electron chi connectivity index (χ4n) is 4.65. The van der Waals surface area contributed by atoms with Gasteiger partial charge in [-0.25, -0.2) is 9.78 Å². The number of hydrogen-bond donors (Lipinski definition) is 2. The van der Waals surface area contributed by atoms with Gasteiger partial charge in [0.25, 0.3) is 0 Å². The lowest BCUT2D eigenvalue weighted by Gasteiger charge is -2.64. The molecule has 1 aliphatic carbocycles. The predicted octanol–water partition coefficient (Wildman–Crippen LogP) is 1.86. The summed E-state index contributed by atoms with van der Waals surface area (Å²) in [4.78, 5) is 19.1. The minimum absolute atomic E-state index is 0.0402. The first-order valence-electron chi connectivity index (χ1n) is 9.24. The summed E-state index contributed by atoms with van der Waals surface area (Å²) in [7, 11) is 0. The van der Waals surface area contributed by atoms with Gasteiger partial charge in [-0.1, -0.05) is 13.3 Å². The van der Waals surface area contributed by atoms with Crippen LogP contribution in [0.3, 0.4) is 0 Å². The molecule has 0 aromatic carbocycles. The van der Waals surface area contributed by atoms with E-state index in [-0.39, 0.29) is 6.03 Å². The molecule has 1 saturated carbocycles. The van der Waals surface area contributed by atoms with E-state index in [1.807, 2.05) is 6.92 Å². The molecule has 3 aliphatic rings. The Bertz CT molecular complexity index is 592. The number of amides is 2. The lowest BCUT2D eigenvalue weighted by molar-refractivity contribution is -0.137. The molecule has 24 heavy (non-hydrogen) atoms. The number of carbonyl (C=O) groups is 1. The highest BCUT2D eigenvalue weighted by molar-refractivity contribution is 5.76. The van der Waals surface area contributed by atoms with Crippen LogP contribution < -0.4 is 5.32 Å². The molecular weight excluding hydrogens is 306 g/mol. The van der Waals surface area contributed by atoms with Crippen LogP contribution >= 0.6 is 0 Å². The van der Waals surface area contributed by atoms with Crippen LogP contribution in [0.1, 0.15) is 50.7 Å². The summed E-state index contributed by atoms with van der Waals surface area (Å²) in [5.41, 5.74) is 0.404. The zero-order valence-corrected chi connectivity index (χ0v) is 14.4. The Balaban J connectivity index is 1.37. The number of likely N-dealkylation sites (tertiary alicyclic amines) is 1. The molecular formula is C17H27N5O2. The second-order valence-corrected chi connectivity index (χ2v) is 7.45. The first kappa shape index (κ1) is 15.9. The summed E-state index contributed by atoms with van der Waals surface area (Å²) in [5.74, 6) is 2.11. The summed E-state index contributed by atoms with van der Waals surface area (Å²) >= 11 is 0. The number of hydrogen-bond acceptors (Lipinski definition) is 4. The number of aromatic amines is 1. The van der Waals surface area contributed by atoms with Gasteiger partial charge in [0, 0.05) is 37.6 Å². The molecule has 2 N–H and O–H groups in total. The van der Waals surface area contributed by atoms with Gasteiger partial charge in [-0.15, -0.1) is 0 Å². The quantitative estimate of drug-likeness (QED) is 0.881. The SMILES string of the molecule is CCc1n[nH]c(CNC(=O)N2CC3(CCC3)C2C2CCOCC2)n1. The number of nitrogens with one attached hydrogen (secondary N) is 2. The first-order chi connectivity index (χ1) is 11.7. The maximum Gasteiger partial charge on any atom is 0.318 e. The Hall–Kier alpha value is -1.63. The molecule has 0 bridgehead atoms. The summed E-state index contributed by atoms with van der Waals surface area (Å²) < 4.78 is 5.51. The van der Waals surface area contributed by atoms with Gasteiger partial charge >= 0.3 is 6.03 Å². The van der Waals surface area contributed by atoms with E-state index in [0.29, 0.717) is 23.9 Å². The topological polar surface area (TPSA) is 83.1 Å². The van der Waals surface area contributed by atoms with Crippen molar-refractivity contribution in [3.8, 4) is 0 Å². The van der Waals surface area contributed by atoms with E-state index >= 15 is 0 Å². The van der Waals surface area contributed by atoms with Crippen molar-refractivity contribution >= 4 is 6.03 Å². The van der Waals surface area contributed by atoms with Crippen molar-refractivity contribution in [3.63, 3.8) is 0 Å². The normalized spacial score (nSPS) is 26.0. The van der Waals surface area contributed by atoms with Crippen LogP contribution in [0, 0.1) is 11.3 Å². The standard InChI is InChI=1S/C17H27N5O2/c1-2-13-19-14(21-20-13)10-18-16(23)22-11-17(6-3-7-17)15(22)12-4-8-24-9-5-12/h12,15H,2-11H2,1H3,(H,18,23)(H,19,20,21). The van der Waals surface area contributed by atoms with Crippen LogP contribution in [-0.2, 0) is 17.7 Å². The smallest absolute Gasteiger partial charge is 0.318 e. The molecule has 0 radical (unpaired) electrons. The fourth-order valence-corrected chi connectivity index (χ4v) is 4.65. The van der Waals surface area contributed by atoms with Gasteiger partial charge in [0.05, 0.1) is 6.54 Å². The van der Waals surface area contributed by atoms with Crippen molar-refractivity contribution in [2.45, 2.75) is 58.0 Å². The molecule has 2 amide bonds. The number of H-pyrrole nitrogens is 1. The molecule has 3 heterocycles. The highest BCUT2D eigenvalue weighted by atomic mass is 16.5. The fraction of sp³-hybridized carbons (Fsp3) is 0.824. The predicted molar refractivity (Wildman–Crippen MR) is 88.3 cm³/mol. The van der Waals surface area contributed by atoms with Crippen LogP contribution in [-0.4, -0.2) is 51.9 Å². The minimum Gasteiger partial charge on any atom is -0.381 e. The van der Waals surface area contributed by atoms with Crippen molar-refractivity contribution in [2.75, 3.05) is 19.8 Å². The average Bonchev–Trinajstić information content (AvgIpc) is 3.00. The second-order valence-electron chi connectivity index (χ2n) is 7.45. The molecule has 2 aliphatic heterocycles. The molecule has 7 nitrogen and oxygen atoms in total. The number of nitrogens with zero attached hydrogens (tertiary/aromatic N) is 3. The highest BCUT2D eigenvalue weighted by Crippen LogP contribution is 2.56. The van der Waals surface area contributed by atoms with Crippen LogP contribution in [0.4, 0.5) is 4.79 Å². The van der Waals surface area contributed by atoms with Crippen LogP contribution in [0.2, 0.25) is 0 Å². The van der Waals surface area contributed by atoms with Gasteiger partial charge in [-0.3, -0.25) is 5.10 Å². The Morgan fingerprint density at radius 2 is 2.21 bits per heavy atom.